The quantitative estimate of drug-likeness (QED) is 0.942. The minimum Gasteiger partial charge on any atom is -0.346 e. The molecule has 1 heterocycles. The van der Waals surface area contributed by atoms with Crippen molar-refractivity contribution in [2.24, 2.45) is 0 Å². The molecule has 1 amide bonds. The summed E-state index contributed by atoms with van der Waals surface area (Å²) >= 11 is 3.44. The molecule has 0 bridgehead atoms. The zero-order valence-corrected chi connectivity index (χ0v) is 12.5. The summed E-state index contributed by atoms with van der Waals surface area (Å²) in [5, 5.41) is 2.88. The Bertz CT molecular complexity index is 611. The van der Waals surface area contributed by atoms with Crippen molar-refractivity contribution in [1.29, 1.82) is 0 Å². The first kappa shape index (κ1) is 13.7. The summed E-state index contributed by atoms with van der Waals surface area (Å²) in [7, 11) is 0. The van der Waals surface area contributed by atoms with Crippen LogP contribution in [0.5, 0.6) is 0 Å². The van der Waals surface area contributed by atoms with Gasteiger partial charge in [0.15, 0.2) is 0 Å². The molecule has 4 heteroatoms. The number of nitrogens with zero attached hydrogens (tertiary/aromatic N) is 1. The number of hydrogen-bond acceptors (Lipinski definition) is 2. The minimum absolute atomic E-state index is 0.0983. The van der Waals surface area contributed by atoms with Crippen LogP contribution < -0.4 is 5.32 Å². The molecule has 0 spiro atoms. The summed E-state index contributed by atoms with van der Waals surface area (Å²) < 4.78 is 0.838. The van der Waals surface area contributed by atoms with Crippen LogP contribution in [0.2, 0.25) is 0 Å². The summed E-state index contributed by atoms with van der Waals surface area (Å²) in [4.78, 5) is 16.5. The fraction of sp³-hybridized carbons (Fsp3) is 0.200. The van der Waals surface area contributed by atoms with Crippen molar-refractivity contribution in [2.45, 2.75) is 20.4 Å². The van der Waals surface area contributed by atoms with Crippen LogP contribution in [0.4, 0.5) is 0 Å². The van der Waals surface area contributed by atoms with Gasteiger partial charge in [-0.25, -0.2) is 0 Å². The minimum atomic E-state index is -0.0983. The number of halogens is 1. The van der Waals surface area contributed by atoms with Crippen LogP contribution in [0.1, 0.15) is 27.3 Å². The summed E-state index contributed by atoms with van der Waals surface area (Å²) in [5.41, 5.74) is 3.49. The van der Waals surface area contributed by atoms with Gasteiger partial charge in [-0.1, -0.05) is 18.2 Å². The lowest BCUT2D eigenvalue weighted by molar-refractivity contribution is 0.0949. The van der Waals surface area contributed by atoms with Gasteiger partial charge in [0, 0.05) is 10.2 Å². The van der Waals surface area contributed by atoms with Gasteiger partial charge in [0.05, 0.1) is 17.8 Å². The van der Waals surface area contributed by atoms with Gasteiger partial charge in [-0.3, -0.25) is 9.78 Å². The largest absolute Gasteiger partial charge is 0.346 e. The van der Waals surface area contributed by atoms with Crippen LogP contribution in [0.25, 0.3) is 0 Å². The maximum Gasteiger partial charge on any atom is 0.252 e. The van der Waals surface area contributed by atoms with Gasteiger partial charge in [-0.15, -0.1) is 0 Å². The van der Waals surface area contributed by atoms with E-state index in [2.05, 4.69) is 26.2 Å². The first-order valence-corrected chi connectivity index (χ1v) is 6.83. The third-order valence-corrected chi connectivity index (χ3v) is 3.87. The first-order chi connectivity index (χ1) is 9.08. The Morgan fingerprint density at radius 2 is 1.95 bits per heavy atom. The summed E-state index contributed by atoms with van der Waals surface area (Å²) in [5.74, 6) is -0.0983. The maximum absolute atomic E-state index is 12.1. The highest BCUT2D eigenvalue weighted by Gasteiger charge is 2.10. The lowest BCUT2D eigenvalue weighted by Gasteiger charge is -2.08. The Morgan fingerprint density at radius 1 is 1.21 bits per heavy atom. The zero-order chi connectivity index (χ0) is 13.8. The smallest absolute Gasteiger partial charge is 0.252 e. The molecule has 3 nitrogen and oxygen atoms in total. The van der Waals surface area contributed by atoms with Crippen LogP contribution in [0.3, 0.4) is 0 Å². The van der Waals surface area contributed by atoms with Gasteiger partial charge < -0.3 is 5.32 Å². The lowest BCUT2D eigenvalue weighted by atomic mass is 10.1. The molecule has 0 atom stereocenters. The van der Waals surface area contributed by atoms with E-state index >= 15 is 0 Å². The van der Waals surface area contributed by atoms with Gasteiger partial charge in [0.1, 0.15) is 0 Å². The third-order valence-electron chi connectivity index (χ3n) is 2.81. The van der Waals surface area contributed by atoms with Crippen molar-refractivity contribution in [3.05, 3.63) is 63.4 Å². The van der Waals surface area contributed by atoms with E-state index in [9.17, 15) is 4.79 Å². The Hall–Kier alpha value is -1.68. The Balaban J connectivity index is 2.08. The molecule has 1 N–H and O–H groups in total. The SMILES string of the molecule is Cc1cccc(CNC(=O)c2cccc(C)c2Br)n1. The predicted molar refractivity (Wildman–Crippen MR) is 79.0 cm³/mol. The Kier molecular flexibility index (Phi) is 4.32. The van der Waals surface area contributed by atoms with Crippen molar-refractivity contribution >= 4 is 21.8 Å². The third kappa shape index (κ3) is 3.41. The zero-order valence-electron chi connectivity index (χ0n) is 10.9. The highest BCUT2D eigenvalue weighted by atomic mass is 79.9. The summed E-state index contributed by atoms with van der Waals surface area (Å²) in [6.45, 7) is 4.33. The van der Waals surface area contributed by atoms with E-state index in [1.807, 2.05) is 44.2 Å². The van der Waals surface area contributed by atoms with Gasteiger partial charge in [-0.05, 0) is 53.5 Å². The van der Waals surface area contributed by atoms with Crippen molar-refractivity contribution in [1.82, 2.24) is 10.3 Å². The Labute approximate surface area is 121 Å². The molecule has 2 aromatic rings. The summed E-state index contributed by atoms with van der Waals surface area (Å²) in [6, 6.07) is 11.4. The lowest BCUT2D eigenvalue weighted by Crippen LogP contribution is -2.23. The summed E-state index contributed by atoms with van der Waals surface area (Å²) in [6.07, 6.45) is 0. The number of aryl methyl sites for hydroxylation is 2. The highest BCUT2D eigenvalue weighted by Crippen LogP contribution is 2.20. The van der Waals surface area contributed by atoms with Crippen molar-refractivity contribution in [3.8, 4) is 0 Å². The number of nitrogens with one attached hydrogen (secondary N) is 1. The maximum atomic E-state index is 12.1. The van der Waals surface area contributed by atoms with Gasteiger partial charge >= 0.3 is 0 Å². The van der Waals surface area contributed by atoms with Crippen LogP contribution in [0.15, 0.2) is 40.9 Å². The predicted octanol–water partition coefficient (Wildman–Crippen LogP) is 3.39. The number of pyridine rings is 1. The van der Waals surface area contributed by atoms with Gasteiger partial charge in [-0.2, -0.15) is 0 Å². The topological polar surface area (TPSA) is 42.0 Å². The fourth-order valence-electron chi connectivity index (χ4n) is 1.79. The van der Waals surface area contributed by atoms with E-state index in [4.69, 9.17) is 0 Å². The van der Waals surface area contributed by atoms with Crippen molar-refractivity contribution in [2.75, 3.05) is 0 Å². The van der Waals surface area contributed by atoms with E-state index in [-0.39, 0.29) is 5.91 Å². The average molecular weight is 319 g/mol. The molecule has 98 valence electrons. The normalized spacial score (nSPS) is 10.3. The fourth-order valence-corrected chi connectivity index (χ4v) is 2.23. The molecule has 0 aliphatic rings. The average Bonchev–Trinajstić information content (AvgIpc) is 2.39. The van der Waals surface area contributed by atoms with Crippen LogP contribution in [0, 0.1) is 13.8 Å². The second-order valence-corrected chi connectivity index (χ2v) is 5.18. The molecule has 0 saturated carbocycles. The molecule has 0 aliphatic carbocycles. The molecule has 0 saturated heterocycles. The molecule has 1 aromatic carbocycles. The monoisotopic (exact) mass is 318 g/mol. The molecule has 19 heavy (non-hydrogen) atoms. The molecule has 0 aliphatic heterocycles. The molecular formula is C15H15BrN2O. The number of benzene rings is 1. The van der Waals surface area contributed by atoms with E-state index in [0.717, 1.165) is 21.4 Å². The molecule has 0 radical (unpaired) electrons. The molecule has 0 unspecified atom stereocenters. The number of hydrogen-bond donors (Lipinski definition) is 1. The first-order valence-electron chi connectivity index (χ1n) is 6.04. The number of aromatic nitrogens is 1. The van der Waals surface area contributed by atoms with Crippen molar-refractivity contribution < 1.29 is 4.79 Å². The van der Waals surface area contributed by atoms with Crippen LogP contribution in [-0.4, -0.2) is 10.9 Å². The van der Waals surface area contributed by atoms with E-state index in [1.54, 1.807) is 6.07 Å². The van der Waals surface area contributed by atoms with E-state index in [0.29, 0.717) is 12.1 Å². The number of amides is 1. The van der Waals surface area contributed by atoms with E-state index in [1.165, 1.54) is 0 Å². The number of carbonyl (C=O) groups excluding carboxylic acids is 1. The second kappa shape index (κ2) is 5.97. The molecule has 0 fully saturated rings. The van der Waals surface area contributed by atoms with Crippen LogP contribution >= 0.6 is 15.9 Å². The second-order valence-electron chi connectivity index (χ2n) is 4.39. The van der Waals surface area contributed by atoms with Gasteiger partial charge in [0.2, 0.25) is 0 Å². The van der Waals surface area contributed by atoms with E-state index < -0.39 is 0 Å². The van der Waals surface area contributed by atoms with Crippen molar-refractivity contribution in [3.63, 3.8) is 0 Å². The standard InChI is InChI=1S/C15H15BrN2O/c1-10-5-3-8-13(14(10)16)15(19)17-9-12-7-4-6-11(2)18-12/h3-8H,9H2,1-2H3,(H,17,19). The molecular weight excluding hydrogens is 304 g/mol. The van der Waals surface area contributed by atoms with Gasteiger partial charge in [0.25, 0.3) is 5.91 Å². The number of carbonyl (C=O) groups is 1. The molecule has 1 aromatic heterocycles. The number of rotatable bonds is 3. The molecule has 2 rings (SSSR count). The highest BCUT2D eigenvalue weighted by molar-refractivity contribution is 9.10. The van der Waals surface area contributed by atoms with Crippen LogP contribution in [-0.2, 0) is 6.54 Å². The Morgan fingerprint density at radius 3 is 2.68 bits per heavy atom.